The minimum absolute atomic E-state index is 0.141. The predicted octanol–water partition coefficient (Wildman–Crippen LogP) is 1.88. The van der Waals surface area contributed by atoms with Crippen LogP contribution < -0.4 is 5.32 Å². The fourth-order valence-corrected chi connectivity index (χ4v) is 3.04. The second kappa shape index (κ2) is 5.67. The first-order chi connectivity index (χ1) is 10.2. The SMILES string of the molecule is Cc1nnc2c(NC(C(=O)O)C3CCCCC3)nccn12. The molecule has 0 bridgehead atoms. The first kappa shape index (κ1) is 13.8. The van der Waals surface area contributed by atoms with Crippen LogP contribution in [0.25, 0.3) is 5.65 Å². The second-order valence-corrected chi connectivity index (χ2v) is 5.58. The van der Waals surface area contributed by atoms with Gasteiger partial charge in [0.15, 0.2) is 5.82 Å². The van der Waals surface area contributed by atoms with Crippen LogP contribution in [0.5, 0.6) is 0 Å². The van der Waals surface area contributed by atoms with Crippen molar-refractivity contribution >= 4 is 17.4 Å². The first-order valence-electron chi connectivity index (χ1n) is 7.32. The molecule has 1 unspecified atom stereocenters. The van der Waals surface area contributed by atoms with Crippen LogP contribution in [0, 0.1) is 12.8 Å². The van der Waals surface area contributed by atoms with Gasteiger partial charge in [-0.05, 0) is 25.7 Å². The minimum Gasteiger partial charge on any atom is -0.480 e. The van der Waals surface area contributed by atoms with Crippen LogP contribution in [0.3, 0.4) is 0 Å². The summed E-state index contributed by atoms with van der Waals surface area (Å²) >= 11 is 0. The molecule has 0 spiro atoms. The Morgan fingerprint density at radius 3 is 2.86 bits per heavy atom. The molecule has 1 saturated carbocycles. The zero-order valence-electron chi connectivity index (χ0n) is 12.0. The van der Waals surface area contributed by atoms with Crippen molar-refractivity contribution in [3.8, 4) is 0 Å². The van der Waals surface area contributed by atoms with Crippen molar-refractivity contribution in [3.05, 3.63) is 18.2 Å². The Bertz CT molecular complexity index is 648. The normalized spacial score (nSPS) is 17.8. The van der Waals surface area contributed by atoms with Crippen LogP contribution in [0.1, 0.15) is 37.9 Å². The molecule has 0 amide bonds. The van der Waals surface area contributed by atoms with Crippen molar-refractivity contribution in [2.75, 3.05) is 5.32 Å². The van der Waals surface area contributed by atoms with E-state index in [0.29, 0.717) is 11.5 Å². The van der Waals surface area contributed by atoms with E-state index >= 15 is 0 Å². The number of carboxylic acids is 1. The Labute approximate surface area is 122 Å². The van der Waals surface area contributed by atoms with E-state index in [-0.39, 0.29) is 5.92 Å². The smallest absolute Gasteiger partial charge is 0.326 e. The quantitative estimate of drug-likeness (QED) is 0.892. The molecule has 1 aliphatic carbocycles. The van der Waals surface area contributed by atoms with Crippen LogP contribution in [0.2, 0.25) is 0 Å². The van der Waals surface area contributed by atoms with Gasteiger partial charge in [-0.25, -0.2) is 9.78 Å². The average molecular weight is 289 g/mol. The summed E-state index contributed by atoms with van der Waals surface area (Å²) < 4.78 is 1.80. The Morgan fingerprint density at radius 2 is 2.14 bits per heavy atom. The van der Waals surface area contributed by atoms with E-state index in [1.165, 1.54) is 6.42 Å². The van der Waals surface area contributed by atoms with Gasteiger partial charge >= 0.3 is 5.97 Å². The lowest BCUT2D eigenvalue weighted by molar-refractivity contribution is -0.139. The van der Waals surface area contributed by atoms with Gasteiger partial charge in [0.2, 0.25) is 5.65 Å². The third-order valence-corrected chi connectivity index (χ3v) is 4.18. The van der Waals surface area contributed by atoms with Gasteiger partial charge in [0.25, 0.3) is 0 Å². The number of carboxylic acid groups (broad SMARTS) is 1. The van der Waals surface area contributed by atoms with E-state index in [1.54, 1.807) is 16.8 Å². The highest BCUT2D eigenvalue weighted by atomic mass is 16.4. The van der Waals surface area contributed by atoms with E-state index in [1.807, 2.05) is 6.92 Å². The number of hydrogen-bond donors (Lipinski definition) is 2. The van der Waals surface area contributed by atoms with E-state index in [9.17, 15) is 9.90 Å². The number of nitrogens with zero attached hydrogens (tertiary/aromatic N) is 4. The molecule has 2 aromatic heterocycles. The maximum atomic E-state index is 11.6. The number of carbonyl (C=O) groups is 1. The summed E-state index contributed by atoms with van der Waals surface area (Å²) in [6, 6.07) is -0.624. The van der Waals surface area contributed by atoms with Crippen LogP contribution >= 0.6 is 0 Å². The van der Waals surface area contributed by atoms with Gasteiger partial charge in [-0.15, -0.1) is 10.2 Å². The average Bonchev–Trinajstić information content (AvgIpc) is 2.88. The lowest BCUT2D eigenvalue weighted by Gasteiger charge is -2.28. The van der Waals surface area contributed by atoms with Crippen molar-refractivity contribution in [2.24, 2.45) is 5.92 Å². The van der Waals surface area contributed by atoms with Crippen LogP contribution in [0.4, 0.5) is 5.82 Å². The van der Waals surface area contributed by atoms with E-state index < -0.39 is 12.0 Å². The van der Waals surface area contributed by atoms with Gasteiger partial charge in [0.1, 0.15) is 11.9 Å². The summed E-state index contributed by atoms with van der Waals surface area (Å²) in [7, 11) is 0. The maximum absolute atomic E-state index is 11.6. The number of rotatable bonds is 4. The predicted molar refractivity (Wildman–Crippen MR) is 77.1 cm³/mol. The van der Waals surface area contributed by atoms with Gasteiger partial charge in [0, 0.05) is 12.4 Å². The molecule has 2 aromatic rings. The molecule has 2 heterocycles. The molecule has 3 rings (SSSR count). The fraction of sp³-hybridized carbons (Fsp3) is 0.571. The number of aromatic nitrogens is 4. The van der Waals surface area contributed by atoms with E-state index in [4.69, 9.17) is 0 Å². The third-order valence-electron chi connectivity index (χ3n) is 4.18. The molecule has 0 saturated heterocycles. The number of aryl methyl sites for hydroxylation is 1. The largest absolute Gasteiger partial charge is 0.480 e. The highest BCUT2D eigenvalue weighted by Crippen LogP contribution is 2.28. The number of anilines is 1. The van der Waals surface area contributed by atoms with Gasteiger partial charge in [0.05, 0.1) is 0 Å². The summed E-state index contributed by atoms with van der Waals surface area (Å²) in [4.78, 5) is 15.9. The summed E-state index contributed by atoms with van der Waals surface area (Å²) in [5.74, 6) is 0.542. The zero-order chi connectivity index (χ0) is 14.8. The number of aliphatic carboxylic acids is 1. The minimum atomic E-state index is -0.832. The van der Waals surface area contributed by atoms with Crippen molar-refractivity contribution in [1.29, 1.82) is 0 Å². The van der Waals surface area contributed by atoms with Crippen molar-refractivity contribution < 1.29 is 9.90 Å². The van der Waals surface area contributed by atoms with Gasteiger partial charge < -0.3 is 10.4 Å². The first-order valence-corrected chi connectivity index (χ1v) is 7.32. The molecular weight excluding hydrogens is 270 g/mol. The molecule has 112 valence electrons. The molecule has 1 aliphatic rings. The lowest BCUT2D eigenvalue weighted by atomic mass is 9.84. The topological polar surface area (TPSA) is 92.4 Å². The van der Waals surface area contributed by atoms with Crippen molar-refractivity contribution in [1.82, 2.24) is 19.6 Å². The number of nitrogens with one attached hydrogen (secondary N) is 1. The standard InChI is InChI=1S/C14H19N5O2/c1-9-17-18-13-12(15-7-8-19(9)13)16-11(14(20)21)10-5-3-2-4-6-10/h7-8,10-11H,2-6H2,1H3,(H,15,16)(H,20,21). The molecular formula is C14H19N5O2. The van der Waals surface area contributed by atoms with Crippen molar-refractivity contribution in [3.63, 3.8) is 0 Å². The van der Waals surface area contributed by atoms with Gasteiger partial charge in [-0.1, -0.05) is 19.3 Å². The van der Waals surface area contributed by atoms with Crippen molar-refractivity contribution in [2.45, 2.75) is 45.1 Å². The maximum Gasteiger partial charge on any atom is 0.326 e. The number of fused-ring (bicyclic) bond motifs is 1. The summed E-state index contributed by atoms with van der Waals surface area (Å²) in [5.41, 5.74) is 0.567. The highest BCUT2D eigenvalue weighted by Gasteiger charge is 2.30. The molecule has 0 aromatic carbocycles. The summed E-state index contributed by atoms with van der Waals surface area (Å²) in [6.07, 6.45) is 8.67. The van der Waals surface area contributed by atoms with Crippen LogP contribution in [-0.4, -0.2) is 36.7 Å². The molecule has 2 N–H and O–H groups in total. The summed E-state index contributed by atoms with van der Waals surface area (Å²) in [6.45, 7) is 1.85. The lowest BCUT2D eigenvalue weighted by Crippen LogP contribution is -2.38. The Hall–Kier alpha value is -2.18. The molecule has 0 radical (unpaired) electrons. The zero-order valence-corrected chi connectivity index (χ0v) is 12.0. The fourth-order valence-electron chi connectivity index (χ4n) is 3.04. The molecule has 0 aliphatic heterocycles. The van der Waals surface area contributed by atoms with Gasteiger partial charge in [-0.3, -0.25) is 4.40 Å². The van der Waals surface area contributed by atoms with E-state index in [0.717, 1.165) is 31.5 Å². The number of hydrogen-bond acceptors (Lipinski definition) is 5. The Morgan fingerprint density at radius 1 is 1.38 bits per heavy atom. The monoisotopic (exact) mass is 289 g/mol. The molecule has 21 heavy (non-hydrogen) atoms. The molecule has 1 atom stereocenters. The molecule has 7 heteroatoms. The Balaban J connectivity index is 1.89. The van der Waals surface area contributed by atoms with Crippen LogP contribution in [-0.2, 0) is 4.79 Å². The summed E-state index contributed by atoms with van der Waals surface area (Å²) in [5, 5.41) is 20.7. The van der Waals surface area contributed by atoms with Gasteiger partial charge in [-0.2, -0.15) is 0 Å². The molecule has 1 fully saturated rings. The third kappa shape index (κ3) is 2.68. The second-order valence-electron chi connectivity index (χ2n) is 5.58. The van der Waals surface area contributed by atoms with Crippen LogP contribution in [0.15, 0.2) is 12.4 Å². The molecule has 7 nitrogen and oxygen atoms in total. The van der Waals surface area contributed by atoms with E-state index in [2.05, 4.69) is 20.5 Å². The highest BCUT2D eigenvalue weighted by molar-refractivity contribution is 5.79. The Kier molecular flexibility index (Phi) is 3.72.